The first kappa shape index (κ1) is 37.1. The molecule has 0 bridgehead atoms. The summed E-state index contributed by atoms with van der Waals surface area (Å²) in [4.78, 5) is 76.4. The van der Waals surface area contributed by atoms with Crippen molar-refractivity contribution in [3.63, 3.8) is 0 Å². The topological polar surface area (TPSA) is 141 Å². The molecule has 1 atom stereocenters. The summed E-state index contributed by atoms with van der Waals surface area (Å²) < 4.78 is 0. The van der Waals surface area contributed by atoms with Crippen LogP contribution in [0.1, 0.15) is 68.7 Å². The van der Waals surface area contributed by atoms with Gasteiger partial charge in [-0.2, -0.15) is 5.26 Å². The molecular weight excluding hydrogens is 744 g/mol. The van der Waals surface area contributed by atoms with Gasteiger partial charge in [-0.05, 0) is 91.8 Å². The van der Waals surface area contributed by atoms with Crippen molar-refractivity contribution in [1.82, 2.24) is 20.0 Å². The molecular formula is C43H45ClN8O5. The highest BCUT2D eigenvalue weighted by Crippen LogP contribution is 2.42. The molecule has 0 saturated carbocycles. The minimum absolute atomic E-state index is 0.0943. The molecule has 1 spiro atoms. The molecule has 0 aromatic heterocycles. The molecule has 5 fully saturated rings. The molecule has 9 rings (SSSR count). The van der Waals surface area contributed by atoms with Crippen molar-refractivity contribution >= 4 is 58.2 Å². The molecule has 57 heavy (non-hydrogen) atoms. The minimum Gasteiger partial charge on any atom is -0.371 e. The van der Waals surface area contributed by atoms with E-state index in [4.69, 9.17) is 11.6 Å². The van der Waals surface area contributed by atoms with Gasteiger partial charge in [0.2, 0.25) is 11.8 Å². The molecule has 6 heterocycles. The summed E-state index contributed by atoms with van der Waals surface area (Å²) in [7, 11) is 0. The largest absolute Gasteiger partial charge is 0.371 e. The Morgan fingerprint density at radius 3 is 2.12 bits per heavy atom. The number of piperidine rings is 2. The molecule has 3 aromatic carbocycles. The Bertz CT molecular complexity index is 2180. The number of likely N-dealkylation sites (tertiary alicyclic amines) is 1. The van der Waals surface area contributed by atoms with E-state index in [1.165, 1.54) is 0 Å². The van der Waals surface area contributed by atoms with Gasteiger partial charge in [-0.3, -0.25) is 39.1 Å². The molecule has 3 aromatic rings. The van der Waals surface area contributed by atoms with Crippen LogP contribution in [0.2, 0.25) is 5.02 Å². The molecule has 294 valence electrons. The maximum atomic E-state index is 13.6. The van der Waals surface area contributed by atoms with Crippen molar-refractivity contribution in [3.05, 3.63) is 87.9 Å². The third-order valence-electron chi connectivity index (χ3n) is 13.1. The number of carbonyl (C=O) groups is 5. The normalized spacial score (nSPS) is 22.5. The molecule has 1 unspecified atom stereocenters. The number of nitrogens with one attached hydrogen (secondary N) is 1. The predicted molar refractivity (Wildman–Crippen MR) is 214 cm³/mol. The summed E-state index contributed by atoms with van der Waals surface area (Å²) in [5.41, 5.74) is 5.05. The number of fused-ring (bicyclic) bond motifs is 1. The zero-order valence-electron chi connectivity index (χ0n) is 31.8. The van der Waals surface area contributed by atoms with E-state index >= 15 is 0 Å². The fraction of sp³-hybridized carbons (Fsp3) is 0.442. The van der Waals surface area contributed by atoms with Crippen LogP contribution in [0.25, 0.3) is 0 Å². The lowest BCUT2D eigenvalue weighted by Crippen LogP contribution is -2.55. The minimum atomic E-state index is -0.968. The lowest BCUT2D eigenvalue weighted by molar-refractivity contribution is -0.136. The third kappa shape index (κ3) is 6.99. The highest BCUT2D eigenvalue weighted by molar-refractivity contribution is 6.32. The maximum absolute atomic E-state index is 13.6. The molecule has 5 saturated heterocycles. The molecule has 1 N–H and O–H groups in total. The third-order valence-corrected chi connectivity index (χ3v) is 13.4. The first-order valence-electron chi connectivity index (χ1n) is 20.0. The van der Waals surface area contributed by atoms with Crippen molar-refractivity contribution in [3.8, 4) is 6.07 Å². The summed E-state index contributed by atoms with van der Waals surface area (Å²) in [5.74, 6) is -1.37. The Balaban J connectivity index is 0.720. The monoisotopic (exact) mass is 788 g/mol. The van der Waals surface area contributed by atoms with Crippen molar-refractivity contribution < 1.29 is 24.0 Å². The molecule has 6 aliphatic rings. The quantitative estimate of drug-likeness (QED) is 0.350. The van der Waals surface area contributed by atoms with E-state index in [0.717, 1.165) is 119 Å². The van der Waals surface area contributed by atoms with Crippen molar-refractivity contribution in [2.45, 2.75) is 38.1 Å². The van der Waals surface area contributed by atoms with E-state index in [2.05, 4.69) is 43.1 Å². The summed E-state index contributed by atoms with van der Waals surface area (Å²) in [5, 5.41) is 11.9. The van der Waals surface area contributed by atoms with Crippen molar-refractivity contribution in [1.29, 1.82) is 5.26 Å². The number of piperazine rings is 1. The maximum Gasteiger partial charge on any atom is 0.262 e. The highest BCUT2D eigenvalue weighted by atomic mass is 35.5. The second-order valence-electron chi connectivity index (χ2n) is 16.5. The van der Waals surface area contributed by atoms with Gasteiger partial charge in [0.15, 0.2) is 0 Å². The molecule has 14 heteroatoms. The van der Waals surface area contributed by atoms with Gasteiger partial charge >= 0.3 is 0 Å². The van der Waals surface area contributed by atoms with Gasteiger partial charge < -0.3 is 19.6 Å². The van der Waals surface area contributed by atoms with E-state index in [1.807, 2.05) is 35.2 Å². The van der Waals surface area contributed by atoms with Crippen LogP contribution in [-0.2, 0) is 9.59 Å². The van der Waals surface area contributed by atoms with Gasteiger partial charge in [0.25, 0.3) is 17.7 Å². The number of hydrogen-bond donors (Lipinski definition) is 1. The van der Waals surface area contributed by atoms with Gasteiger partial charge in [-0.1, -0.05) is 11.6 Å². The molecule has 5 amide bonds. The van der Waals surface area contributed by atoms with Gasteiger partial charge in [0.1, 0.15) is 12.1 Å². The molecule has 0 aliphatic carbocycles. The molecule has 0 radical (unpaired) electrons. The Hall–Kier alpha value is -5.45. The van der Waals surface area contributed by atoms with E-state index in [0.29, 0.717) is 27.6 Å². The SMILES string of the molecule is N#Cc1ccc(N2CCC3(CCN(C(=O)c4ccc(N5CCN(CC6CN(c7ccc8c(c7)C(=O)N(C7CCC(=O)NC7=O)C8=O)C6)CC5)cc4)C3)CC2)cc1Cl. The first-order chi connectivity index (χ1) is 27.6. The average molecular weight is 789 g/mol. The fourth-order valence-corrected chi connectivity index (χ4v) is 9.87. The van der Waals surface area contributed by atoms with Crippen LogP contribution in [0.15, 0.2) is 60.7 Å². The number of benzene rings is 3. The highest BCUT2D eigenvalue weighted by Gasteiger charge is 2.45. The Morgan fingerprint density at radius 2 is 1.42 bits per heavy atom. The predicted octanol–water partition coefficient (Wildman–Crippen LogP) is 4.00. The first-order valence-corrected chi connectivity index (χ1v) is 20.4. The fourth-order valence-electron chi connectivity index (χ4n) is 9.65. The van der Waals surface area contributed by atoms with Gasteiger partial charge in [-0.15, -0.1) is 0 Å². The van der Waals surface area contributed by atoms with Crippen molar-refractivity contribution in [2.75, 3.05) is 86.7 Å². The smallest absolute Gasteiger partial charge is 0.262 e. The number of halogens is 1. The zero-order valence-corrected chi connectivity index (χ0v) is 32.5. The summed E-state index contributed by atoms with van der Waals surface area (Å²) in [6, 6.07) is 20.2. The van der Waals surface area contributed by atoms with Crippen LogP contribution >= 0.6 is 11.6 Å². The average Bonchev–Trinajstić information content (AvgIpc) is 3.73. The van der Waals surface area contributed by atoms with Crippen LogP contribution in [0.3, 0.4) is 0 Å². The summed E-state index contributed by atoms with van der Waals surface area (Å²) >= 11 is 6.30. The lowest BCUT2D eigenvalue weighted by atomic mass is 9.77. The number of nitrogens with zero attached hydrogens (tertiary/aromatic N) is 7. The standard InChI is InChI=1S/C43H45ClN8O5/c44-36-22-33(6-3-30(36)23-45)48-14-11-43(12-15-48)13-16-50(27-43)40(55)29-1-4-31(5-2-29)49-19-17-47(18-20-49)24-28-25-51(26-28)32-7-8-34-35(21-32)42(57)52(41(34)56)37-9-10-38(53)46-39(37)54/h1-8,21-22,28,37H,9-20,24-27H2,(H,46,53,54). The van der Waals surface area contributed by atoms with Crippen LogP contribution in [0.4, 0.5) is 17.1 Å². The van der Waals surface area contributed by atoms with E-state index in [1.54, 1.807) is 18.2 Å². The number of imide groups is 2. The molecule has 13 nitrogen and oxygen atoms in total. The van der Waals surface area contributed by atoms with Crippen LogP contribution in [-0.4, -0.2) is 122 Å². The van der Waals surface area contributed by atoms with E-state index < -0.39 is 29.7 Å². The van der Waals surface area contributed by atoms with Crippen molar-refractivity contribution in [2.24, 2.45) is 11.3 Å². The number of carbonyl (C=O) groups excluding carboxylic acids is 5. The van der Waals surface area contributed by atoms with Crippen LogP contribution in [0.5, 0.6) is 0 Å². The van der Waals surface area contributed by atoms with Gasteiger partial charge in [0, 0.05) is 107 Å². The second kappa shape index (κ2) is 14.8. The number of amides is 5. The number of anilines is 3. The lowest BCUT2D eigenvalue weighted by Gasteiger charge is -2.45. The Kier molecular flexibility index (Phi) is 9.65. The zero-order chi connectivity index (χ0) is 39.4. The summed E-state index contributed by atoms with van der Waals surface area (Å²) in [6.07, 6.45) is 3.29. The van der Waals surface area contributed by atoms with Gasteiger partial charge in [0.05, 0.1) is 21.7 Å². The second-order valence-corrected chi connectivity index (χ2v) is 16.9. The van der Waals surface area contributed by atoms with Crippen LogP contribution in [0, 0.1) is 22.7 Å². The Labute approximate surface area is 336 Å². The number of hydrogen-bond acceptors (Lipinski definition) is 10. The number of nitriles is 1. The Morgan fingerprint density at radius 1 is 0.772 bits per heavy atom. The molecule has 6 aliphatic heterocycles. The summed E-state index contributed by atoms with van der Waals surface area (Å²) in [6.45, 7) is 9.82. The van der Waals surface area contributed by atoms with E-state index in [-0.39, 0.29) is 24.2 Å². The van der Waals surface area contributed by atoms with Crippen LogP contribution < -0.4 is 20.0 Å². The van der Waals surface area contributed by atoms with Gasteiger partial charge in [-0.25, -0.2) is 0 Å². The van der Waals surface area contributed by atoms with E-state index in [9.17, 15) is 29.2 Å². The number of rotatable bonds is 7.